The molecule has 0 fully saturated rings. The van der Waals surface area contributed by atoms with Crippen LogP contribution in [0.2, 0.25) is 0 Å². The quantitative estimate of drug-likeness (QED) is 0.196. The van der Waals surface area contributed by atoms with Gasteiger partial charge in [0.2, 0.25) is 0 Å². The van der Waals surface area contributed by atoms with Gasteiger partial charge in [0.25, 0.3) is 0 Å². The third-order valence-electron chi connectivity index (χ3n) is 8.68. The number of hydrogen-bond donors (Lipinski definition) is 0. The van der Waals surface area contributed by atoms with Crippen LogP contribution >= 0.6 is 0 Å². The van der Waals surface area contributed by atoms with Crippen molar-refractivity contribution in [3.63, 3.8) is 0 Å². The molecule has 0 saturated heterocycles. The molecular formula is C42H26N2O. The van der Waals surface area contributed by atoms with Crippen LogP contribution in [0, 0.1) is 0 Å². The highest BCUT2D eigenvalue weighted by molar-refractivity contribution is 6.18. The number of fused-ring (bicyclic) bond motifs is 6. The van der Waals surface area contributed by atoms with E-state index in [9.17, 15) is 0 Å². The van der Waals surface area contributed by atoms with Gasteiger partial charge in [0, 0.05) is 27.5 Å². The molecule has 9 aromatic rings. The maximum atomic E-state index is 6.52. The van der Waals surface area contributed by atoms with Crippen LogP contribution < -0.4 is 0 Å². The number of benzene rings is 7. The molecule has 45 heavy (non-hydrogen) atoms. The molecule has 9 rings (SSSR count). The molecule has 210 valence electrons. The maximum absolute atomic E-state index is 6.52. The van der Waals surface area contributed by atoms with Gasteiger partial charge in [-0.3, -0.25) is 0 Å². The van der Waals surface area contributed by atoms with Crippen LogP contribution in [0.5, 0.6) is 0 Å². The predicted octanol–water partition coefficient (Wildman–Crippen LogP) is 11.4. The Morgan fingerprint density at radius 1 is 0.378 bits per heavy atom. The summed E-state index contributed by atoms with van der Waals surface area (Å²) < 4.78 is 6.52. The fourth-order valence-electron chi connectivity index (χ4n) is 6.55. The van der Waals surface area contributed by atoms with Gasteiger partial charge in [0.05, 0.1) is 11.4 Å². The van der Waals surface area contributed by atoms with Crippen LogP contribution in [0.1, 0.15) is 0 Å². The average Bonchev–Trinajstić information content (AvgIpc) is 3.51. The maximum Gasteiger partial charge on any atom is 0.160 e. The van der Waals surface area contributed by atoms with E-state index in [0.29, 0.717) is 5.82 Å². The highest BCUT2D eigenvalue weighted by atomic mass is 16.3. The minimum absolute atomic E-state index is 0.693. The Kier molecular flexibility index (Phi) is 5.82. The number of rotatable bonds is 4. The summed E-state index contributed by atoms with van der Waals surface area (Å²) in [7, 11) is 0. The summed E-state index contributed by atoms with van der Waals surface area (Å²) >= 11 is 0. The van der Waals surface area contributed by atoms with Crippen LogP contribution in [0.4, 0.5) is 0 Å². The van der Waals surface area contributed by atoms with Gasteiger partial charge in [-0.05, 0) is 56.9 Å². The van der Waals surface area contributed by atoms with Gasteiger partial charge in [-0.1, -0.05) is 133 Å². The lowest BCUT2D eigenvalue weighted by Crippen LogP contribution is -1.96. The Hall–Kier alpha value is -6.06. The molecule has 0 unspecified atom stereocenters. The predicted molar refractivity (Wildman–Crippen MR) is 186 cm³/mol. The van der Waals surface area contributed by atoms with Crippen molar-refractivity contribution in [3.8, 4) is 45.0 Å². The van der Waals surface area contributed by atoms with E-state index in [2.05, 4.69) is 109 Å². The molecule has 0 bridgehead atoms. The summed E-state index contributed by atoms with van der Waals surface area (Å²) in [6.07, 6.45) is 0. The molecule has 0 aliphatic heterocycles. The number of hydrogen-bond acceptors (Lipinski definition) is 3. The van der Waals surface area contributed by atoms with E-state index < -0.39 is 0 Å². The first-order valence-corrected chi connectivity index (χ1v) is 15.2. The summed E-state index contributed by atoms with van der Waals surface area (Å²) in [5.41, 5.74) is 8.75. The molecule has 3 heteroatoms. The molecule has 0 aliphatic carbocycles. The molecule has 0 N–H and O–H groups in total. The molecule has 0 spiro atoms. The highest BCUT2D eigenvalue weighted by Crippen LogP contribution is 2.42. The molecule has 0 saturated carbocycles. The third-order valence-corrected chi connectivity index (χ3v) is 8.68. The zero-order valence-electron chi connectivity index (χ0n) is 24.3. The van der Waals surface area contributed by atoms with Crippen molar-refractivity contribution in [2.24, 2.45) is 0 Å². The lowest BCUT2D eigenvalue weighted by Gasteiger charge is -2.11. The summed E-state index contributed by atoms with van der Waals surface area (Å²) in [5.74, 6) is 0.693. The van der Waals surface area contributed by atoms with Crippen LogP contribution in [-0.4, -0.2) is 9.97 Å². The van der Waals surface area contributed by atoms with E-state index in [1.54, 1.807) is 0 Å². The molecular weight excluding hydrogens is 548 g/mol. The second kappa shape index (κ2) is 10.3. The number of aromatic nitrogens is 2. The standard InChI is InChI=1S/C42H26N2O/c1-3-12-29(13-4-1)36-26-37(44-42(43-36)30-14-5-2-6-15-30)34-18-10-20-39-41(34)40-33(17-9-19-38(40)45-39)31-24-23-28-22-21-27-11-7-8-16-32(27)35(28)25-31/h1-26H. The summed E-state index contributed by atoms with van der Waals surface area (Å²) in [5, 5.41) is 7.10. The normalized spacial score (nSPS) is 11.6. The van der Waals surface area contributed by atoms with Gasteiger partial charge >= 0.3 is 0 Å². The Morgan fingerprint density at radius 2 is 0.978 bits per heavy atom. The lowest BCUT2D eigenvalue weighted by atomic mass is 9.93. The molecule has 3 nitrogen and oxygen atoms in total. The smallest absolute Gasteiger partial charge is 0.160 e. The van der Waals surface area contributed by atoms with Gasteiger partial charge in [-0.25, -0.2) is 9.97 Å². The van der Waals surface area contributed by atoms with Gasteiger partial charge in [-0.15, -0.1) is 0 Å². The van der Waals surface area contributed by atoms with E-state index in [4.69, 9.17) is 14.4 Å². The first kappa shape index (κ1) is 25.4. The molecule has 0 amide bonds. The second-order valence-corrected chi connectivity index (χ2v) is 11.4. The third kappa shape index (κ3) is 4.29. The van der Waals surface area contributed by atoms with Crippen molar-refractivity contribution >= 4 is 43.5 Å². The van der Waals surface area contributed by atoms with Gasteiger partial charge in [0.1, 0.15) is 11.2 Å². The molecule has 7 aromatic carbocycles. The topological polar surface area (TPSA) is 38.9 Å². The van der Waals surface area contributed by atoms with Crippen molar-refractivity contribution in [1.82, 2.24) is 9.97 Å². The zero-order valence-corrected chi connectivity index (χ0v) is 24.3. The molecule has 2 aromatic heterocycles. The van der Waals surface area contributed by atoms with E-state index in [0.717, 1.165) is 61.1 Å². The molecule has 0 aliphatic rings. The first-order valence-electron chi connectivity index (χ1n) is 15.2. The van der Waals surface area contributed by atoms with Crippen molar-refractivity contribution < 1.29 is 4.42 Å². The number of furan rings is 1. The van der Waals surface area contributed by atoms with Crippen LogP contribution in [-0.2, 0) is 0 Å². The van der Waals surface area contributed by atoms with Gasteiger partial charge in [-0.2, -0.15) is 0 Å². The minimum atomic E-state index is 0.693. The van der Waals surface area contributed by atoms with E-state index in [-0.39, 0.29) is 0 Å². The van der Waals surface area contributed by atoms with Crippen LogP contribution in [0.15, 0.2) is 162 Å². The van der Waals surface area contributed by atoms with Crippen LogP contribution in [0.25, 0.3) is 88.5 Å². The average molecular weight is 575 g/mol. The number of nitrogens with zero attached hydrogens (tertiary/aromatic N) is 2. The van der Waals surface area contributed by atoms with Crippen molar-refractivity contribution in [1.29, 1.82) is 0 Å². The minimum Gasteiger partial charge on any atom is -0.456 e. The summed E-state index contributed by atoms with van der Waals surface area (Å²) in [4.78, 5) is 10.2. The monoisotopic (exact) mass is 574 g/mol. The molecule has 0 radical (unpaired) electrons. The first-order chi connectivity index (χ1) is 22.3. The lowest BCUT2D eigenvalue weighted by molar-refractivity contribution is 0.669. The Labute approximate surface area is 260 Å². The fourth-order valence-corrected chi connectivity index (χ4v) is 6.55. The van der Waals surface area contributed by atoms with E-state index in [1.165, 1.54) is 21.5 Å². The summed E-state index contributed by atoms with van der Waals surface area (Å²) in [6.45, 7) is 0. The van der Waals surface area contributed by atoms with Crippen molar-refractivity contribution in [3.05, 3.63) is 158 Å². The Bertz CT molecular complexity index is 2470. The SMILES string of the molecule is c1ccc(-c2cc(-c3cccc4oc5cccc(-c6ccc7ccc8ccccc8c7c6)c5c34)nc(-c3ccccc3)n2)cc1. The van der Waals surface area contributed by atoms with Crippen LogP contribution in [0.3, 0.4) is 0 Å². The molecule has 2 heterocycles. The highest BCUT2D eigenvalue weighted by Gasteiger charge is 2.19. The van der Waals surface area contributed by atoms with E-state index >= 15 is 0 Å². The molecule has 0 atom stereocenters. The van der Waals surface area contributed by atoms with Crippen molar-refractivity contribution in [2.75, 3.05) is 0 Å². The van der Waals surface area contributed by atoms with Crippen molar-refractivity contribution in [2.45, 2.75) is 0 Å². The fraction of sp³-hybridized carbons (Fsp3) is 0. The van der Waals surface area contributed by atoms with Gasteiger partial charge in [0.15, 0.2) is 5.82 Å². The Balaban J connectivity index is 1.32. The second-order valence-electron chi connectivity index (χ2n) is 11.4. The largest absolute Gasteiger partial charge is 0.456 e. The Morgan fingerprint density at radius 3 is 1.76 bits per heavy atom. The van der Waals surface area contributed by atoms with E-state index in [1.807, 2.05) is 48.5 Å². The summed E-state index contributed by atoms with van der Waals surface area (Å²) in [6, 6.07) is 54.9. The zero-order chi connectivity index (χ0) is 29.7. The van der Waals surface area contributed by atoms with Gasteiger partial charge < -0.3 is 4.42 Å².